The Morgan fingerprint density at radius 2 is 1.83 bits per heavy atom. The van der Waals surface area contributed by atoms with Gasteiger partial charge in [-0.25, -0.2) is 0 Å². The monoisotopic (exact) mass is 255 g/mol. The molecule has 2 saturated heterocycles. The van der Waals surface area contributed by atoms with Crippen LogP contribution < -0.4 is 0 Å². The molecule has 0 aromatic heterocycles. The second-order valence-corrected chi connectivity index (χ2v) is 6.37. The van der Waals surface area contributed by atoms with Crippen LogP contribution in [0.15, 0.2) is 0 Å². The van der Waals surface area contributed by atoms with E-state index >= 15 is 0 Å². The van der Waals surface area contributed by atoms with Crippen molar-refractivity contribution in [3.8, 4) is 0 Å². The Kier molecular flexibility index (Phi) is 3.97. The molecule has 0 radical (unpaired) electrons. The number of ether oxygens (including phenoxy) is 2. The van der Waals surface area contributed by atoms with Gasteiger partial charge in [-0.2, -0.15) is 0 Å². The molecule has 0 aliphatic carbocycles. The SMILES string of the molecule is COCC(C)(C)C(=O)OC1CC2CCC(C1)N2C. The highest BCUT2D eigenvalue weighted by molar-refractivity contribution is 5.76. The first kappa shape index (κ1) is 13.8. The van der Waals surface area contributed by atoms with E-state index in [1.54, 1.807) is 7.11 Å². The number of piperidine rings is 1. The Hall–Kier alpha value is -0.610. The highest BCUT2D eigenvalue weighted by Crippen LogP contribution is 2.36. The van der Waals surface area contributed by atoms with Crippen molar-refractivity contribution < 1.29 is 14.3 Å². The van der Waals surface area contributed by atoms with Crippen LogP contribution in [0.3, 0.4) is 0 Å². The Labute approximate surface area is 110 Å². The van der Waals surface area contributed by atoms with Gasteiger partial charge in [-0.3, -0.25) is 4.79 Å². The quantitative estimate of drug-likeness (QED) is 0.718. The van der Waals surface area contributed by atoms with Crippen LogP contribution in [0, 0.1) is 5.41 Å². The molecule has 0 N–H and O–H groups in total. The van der Waals surface area contributed by atoms with Crippen LogP contribution in [-0.4, -0.2) is 49.8 Å². The molecule has 104 valence electrons. The maximum atomic E-state index is 12.1. The largest absolute Gasteiger partial charge is 0.462 e. The number of nitrogens with zero attached hydrogens (tertiary/aromatic N) is 1. The summed E-state index contributed by atoms with van der Waals surface area (Å²) in [5, 5.41) is 0. The van der Waals surface area contributed by atoms with E-state index in [1.165, 1.54) is 12.8 Å². The van der Waals surface area contributed by atoms with Crippen molar-refractivity contribution in [2.24, 2.45) is 5.41 Å². The van der Waals surface area contributed by atoms with Gasteiger partial charge >= 0.3 is 5.97 Å². The molecule has 0 aromatic carbocycles. The van der Waals surface area contributed by atoms with Crippen molar-refractivity contribution in [2.75, 3.05) is 20.8 Å². The van der Waals surface area contributed by atoms with Gasteiger partial charge in [0.1, 0.15) is 6.10 Å². The van der Waals surface area contributed by atoms with Crippen LogP contribution in [0.2, 0.25) is 0 Å². The lowest BCUT2D eigenvalue weighted by Gasteiger charge is -2.37. The molecule has 0 amide bonds. The summed E-state index contributed by atoms with van der Waals surface area (Å²) in [4.78, 5) is 14.6. The molecule has 4 heteroatoms. The standard InChI is InChI=1S/C14H25NO3/c1-14(2,9-17-4)13(16)18-12-7-10-5-6-11(8-12)15(10)3/h10-12H,5-9H2,1-4H3. The van der Waals surface area contributed by atoms with E-state index in [0.717, 1.165) is 12.8 Å². The molecule has 0 spiro atoms. The average molecular weight is 255 g/mol. The van der Waals surface area contributed by atoms with Gasteiger partial charge in [-0.05, 0) is 46.6 Å². The third-order valence-corrected chi connectivity index (χ3v) is 4.39. The van der Waals surface area contributed by atoms with Crippen LogP contribution in [0.1, 0.15) is 39.5 Å². The minimum absolute atomic E-state index is 0.0994. The van der Waals surface area contributed by atoms with Gasteiger partial charge in [0.2, 0.25) is 0 Å². The molecule has 2 aliphatic rings. The van der Waals surface area contributed by atoms with Crippen molar-refractivity contribution >= 4 is 5.97 Å². The van der Waals surface area contributed by atoms with E-state index in [9.17, 15) is 4.79 Å². The Balaban J connectivity index is 1.89. The summed E-state index contributed by atoms with van der Waals surface area (Å²) in [6.07, 6.45) is 4.57. The first-order chi connectivity index (χ1) is 8.44. The molecule has 2 unspecified atom stereocenters. The lowest BCUT2D eigenvalue weighted by molar-refractivity contribution is -0.165. The first-order valence-corrected chi connectivity index (χ1v) is 6.86. The van der Waals surface area contributed by atoms with Crippen molar-refractivity contribution in [2.45, 2.75) is 57.7 Å². The number of hydrogen-bond acceptors (Lipinski definition) is 4. The summed E-state index contributed by atoms with van der Waals surface area (Å²) in [6, 6.07) is 1.21. The lowest BCUT2D eigenvalue weighted by Crippen LogP contribution is -2.45. The van der Waals surface area contributed by atoms with Gasteiger partial charge in [0.15, 0.2) is 0 Å². The maximum absolute atomic E-state index is 12.1. The minimum Gasteiger partial charge on any atom is -0.462 e. The predicted molar refractivity (Wildman–Crippen MR) is 69.3 cm³/mol. The number of carbonyl (C=O) groups excluding carboxylic acids is 1. The summed E-state index contributed by atoms with van der Waals surface area (Å²) in [7, 11) is 3.81. The van der Waals surface area contributed by atoms with Gasteiger partial charge in [-0.1, -0.05) is 0 Å². The third kappa shape index (κ3) is 2.69. The molecule has 18 heavy (non-hydrogen) atoms. The Morgan fingerprint density at radius 1 is 1.28 bits per heavy atom. The fourth-order valence-corrected chi connectivity index (χ4v) is 3.19. The number of esters is 1. The fraction of sp³-hybridized carbons (Fsp3) is 0.929. The normalized spacial score (nSPS) is 32.6. The van der Waals surface area contributed by atoms with E-state index in [-0.39, 0.29) is 12.1 Å². The molecule has 4 nitrogen and oxygen atoms in total. The highest BCUT2D eigenvalue weighted by Gasteiger charge is 2.41. The smallest absolute Gasteiger partial charge is 0.314 e. The van der Waals surface area contributed by atoms with Crippen LogP contribution in [0.5, 0.6) is 0 Å². The zero-order valence-corrected chi connectivity index (χ0v) is 11.9. The summed E-state index contributed by atoms with van der Waals surface area (Å²) in [6.45, 7) is 4.16. The first-order valence-electron chi connectivity index (χ1n) is 6.86. The Morgan fingerprint density at radius 3 is 2.33 bits per heavy atom. The number of hydrogen-bond donors (Lipinski definition) is 0. The lowest BCUT2D eigenvalue weighted by atomic mass is 9.94. The van der Waals surface area contributed by atoms with E-state index in [1.807, 2.05) is 13.8 Å². The molecule has 0 aromatic rings. The molecule has 2 bridgehead atoms. The van der Waals surface area contributed by atoms with Gasteiger partial charge < -0.3 is 14.4 Å². The summed E-state index contributed by atoms with van der Waals surface area (Å²) < 4.78 is 10.8. The van der Waals surface area contributed by atoms with Crippen LogP contribution >= 0.6 is 0 Å². The summed E-state index contributed by atoms with van der Waals surface area (Å²) >= 11 is 0. The minimum atomic E-state index is -0.544. The molecule has 2 aliphatic heterocycles. The topological polar surface area (TPSA) is 38.8 Å². The molecular formula is C14H25NO3. The van der Waals surface area contributed by atoms with E-state index in [4.69, 9.17) is 9.47 Å². The predicted octanol–water partition coefficient (Wildman–Crippen LogP) is 1.83. The van der Waals surface area contributed by atoms with Crippen molar-refractivity contribution in [1.82, 2.24) is 4.90 Å². The highest BCUT2D eigenvalue weighted by atomic mass is 16.5. The summed E-state index contributed by atoms with van der Waals surface area (Å²) in [5.74, 6) is -0.127. The average Bonchev–Trinajstić information content (AvgIpc) is 2.52. The van der Waals surface area contributed by atoms with Gasteiger partial charge in [0, 0.05) is 19.2 Å². The zero-order valence-electron chi connectivity index (χ0n) is 11.9. The van der Waals surface area contributed by atoms with Crippen molar-refractivity contribution in [3.05, 3.63) is 0 Å². The number of carbonyl (C=O) groups is 1. The maximum Gasteiger partial charge on any atom is 0.314 e. The molecule has 0 saturated carbocycles. The number of methoxy groups -OCH3 is 1. The van der Waals surface area contributed by atoms with Gasteiger partial charge in [0.25, 0.3) is 0 Å². The van der Waals surface area contributed by atoms with Crippen LogP contribution in [-0.2, 0) is 14.3 Å². The van der Waals surface area contributed by atoms with Gasteiger partial charge in [0.05, 0.1) is 12.0 Å². The van der Waals surface area contributed by atoms with E-state index < -0.39 is 5.41 Å². The van der Waals surface area contributed by atoms with Crippen LogP contribution in [0.25, 0.3) is 0 Å². The second kappa shape index (κ2) is 5.17. The van der Waals surface area contributed by atoms with E-state index in [0.29, 0.717) is 18.7 Å². The third-order valence-electron chi connectivity index (χ3n) is 4.39. The van der Waals surface area contributed by atoms with Crippen molar-refractivity contribution in [1.29, 1.82) is 0 Å². The number of fused-ring (bicyclic) bond motifs is 2. The molecule has 2 fully saturated rings. The Bertz CT molecular complexity index is 302. The molecule has 2 atom stereocenters. The fourth-order valence-electron chi connectivity index (χ4n) is 3.19. The summed E-state index contributed by atoms with van der Waals surface area (Å²) in [5.41, 5.74) is -0.544. The van der Waals surface area contributed by atoms with Gasteiger partial charge in [-0.15, -0.1) is 0 Å². The molecule has 2 heterocycles. The van der Waals surface area contributed by atoms with Crippen LogP contribution in [0.4, 0.5) is 0 Å². The molecule has 2 rings (SSSR count). The zero-order chi connectivity index (χ0) is 13.3. The molecular weight excluding hydrogens is 230 g/mol. The second-order valence-electron chi connectivity index (χ2n) is 6.37. The van der Waals surface area contributed by atoms with Crippen molar-refractivity contribution in [3.63, 3.8) is 0 Å². The van der Waals surface area contributed by atoms with E-state index in [2.05, 4.69) is 11.9 Å². The number of rotatable bonds is 4.